The number of rotatable bonds is 6. The fraction of sp³-hybridized carbons (Fsp3) is 0.400. The molecular weight excluding hydrogens is 299 g/mol. The number of methoxy groups -OCH3 is 1. The van der Waals surface area contributed by atoms with E-state index < -0.39 is 16.3 Å². The van der Waals surface area contributed by atoms with E-state index in [1.165, 1.54) is 7.11 Å². The quantitative estimate of drug-likeness (QED) is 0.841. The maximum atomic E-state index is 11.1. The zero-order valence-electron chi connectivity index (χ0n) is 9.69. The zero-order chi connectivity index (χ0) is 13.8. The molecule has 0 bridgehead atoms. The summed E-state index contributed by atoms with van der Waals surface area (Å²) in [6.07, 6.45) is 0.435. The fourth-order valence-corrected chi connectivity index (χ4v) is 2.41. The Morgan fingerprint density at radius 2 is 2.06 bits per heavy atom. The van der Waals surface area contributed by atoms with Gasteiger partial charge < -0.3 is 4.74 Å². The number of halogens is 2. The van der Waals surface area contributed by atoms with Crippen molar-refractivity contribution in [1.29, 1.82) is 0 Å². The molecule has 0 saturated carbocycles. The highest BCUT2D eigenvalue weighted by Crippen LogP contribution is 2.27. The van der Waals surface area contributed by atoms with Gasteiger partial charge >= 0.3 is 0 Å². The Morgan fingerprint density at radius 3 is 2.56 bits per heavy atom. The third kappa shape index (κ3) is 5.09. The summed E-state index contributed by atoms with van der Waals surface area (Å²) in [6, 6.07) is 4.38. The van der Waals surface area contributed by atoms with E-state index in [9.17, 15) is 8.42 Å². The van der Waals surface area contributed by atoms with E-state index in [-0.39, 0.29) is 0 Å². The normalized spacial score (nSPS) is 13.6. The SMILES string of the molecule is COCC[C@@H](NS(N)(=O)=O)c1ccc(Cl)c(Cl)c1. The van der Waals surface area contributed by atoms with Gasteiger partial charge in [-0.25, -0.2) is 5.14 Å². The predicted octanol–water partition coefficient (Wildman–Crippen LogP) is 1.86. The lowest BCUT2D eigenvalue weighted by Crippen LogP contribution is -2.34. The maximum Gasteiger partial charge on any atom is 0.274 e. The molecule has 0 aliphatic heterocycles. The average molecular weight is 313 g/mol. The molecule has 0 aliphatic rings. The molecule has 102 valence electrons. The molecule has 0 amide bonds. The fourth-order valence-electron chi connectivity index (χ4n) is 1.46. The molecule has 1 rings (SSSR count). The second-order valence-electron chi connectivity index (χ2n) is 3.67. The zero-order valence-corrected chi connectivity index (χ0v) is 12.0. The summed E-state index contributed by atoms with van der Waals surface area (Å²) in [5.41, 5.74) is 0.676. The van der Waals surface area contributed by atoms with E-state index in [0.717, 1.165) is 0 Å². The first-order valence-electron chi connectivity index (χ1n) is 5.07. The molecule has 0 spiro atoms. The topological polar surface area (TPSA) is 81.4 Å². The molecule has 8 heteroatoms. The molecule has 5 nitrogen and oxygen atoms in total. The highest BCUT2D eigenvalue weighted by atomic mass is 35.5. The van der Waals surface area contributed by atoms with E-state index in [0.29, 0.717) is 28.6 Å². The predicted molar refractivity (Wildman–Crippen MR) is 71.9 cm³/mol. The molecule has 1 aromatic carbocycles. The summed E-state index contributed by atoms with van der Waals surface area (Å²) < 4.78 is 29.4. The van der Waals surface area contributed by atoms with Crippen molar-refractivity contribution >= 4 is 33.4 Å². The van der Waals surface area contributed by atoms with Gasteiger partial charge in [-0.3, -0.25) is 0 Å². The lowest BCUT2D eigenvalue weighted by atomic mass is 10.1. The van der Waals surface area contributed by atoms with Gasteiger partial charge in [-0.05, 0) is 24.1 Å². The van der Waals surface area contributed by atoms with E-state index in [4.69, 9.17) is 33.1 Å². The summed E-state index contributed by atoms with van der Waals surface area (Å²) in [5, 5.41) is 5.73. The van der Waals surface area contributed by atoms with Crippen molar-refractivity contribution in [1.82, 2.24) is 4.72 Å². The smallest absolute Gasteiger partial charge is 0.274 e. The Morgan fingerprint density at radius 1 is 1.39 bits per heavy atom. The van der Waals surface area contributed by atoms with Crippen LogP contribution in [0.15, 0.2) is 18.2 Å². The van der Waals surface area contributed by atoms with Crippen LogP contribution in [0.2, 0.25) is 10.0 Å². The minimum atomic E-state index is -3.81. The summed E-state index contributed by atoms with van der Waals surface area (Å²) in [5.74, 6) is 0. The van der Waals surface area contributed by atoms with Crippen LogP contribution in [0, 0.1) is 0 Å². The van der Waals surface area contributed by atoms with Gasteiger partial charge in [0.2, 0.25) is 0 Å². The van der Waals surface area contributed by atoms with Crippen molar-refractivity contribution in [3.8, 4) is 0 Å². The molecule has 3 N–H and O–H groups in total. The monoisotopic (exact) mass is 312 g/mol. The third-order valence-electron chi connectivity index (χ3n) is 2.26. The Labute approximate surface area is 116 Å². The Bertz CT molecular complexity index is 508. The Balaban J connectivity index is 2.97. The minimum Gasteiger partial charge on any atom is -0.385 e. The third-order valence-corrected chi connectivity index (χ3v) is 3.62. The van der Waals surface area contributed by atoms with E-state index in [2.05, 4.69) is 4.72 Å². The second kappa shape index (κ2) is 6.70. The number of hydrogen-bond acceptors (Lipinski definition) is 3. The van der Waals surface area contributed by atoms with E-state index >= 15 is 0 Å². The van der Waals surface area contributed by atoms with Crippen molar-refractivity contribution in [2.45, 2.75) is 12.5 Å². The summed E-state index contributed by atoms with van der Waals surface area (Å²) >= 11 is 11.7. The van der Waals surface area contributed by atoms with Gasteiger partial charge in [0.15, 0.2) is 0 Å². The van der Waals surface area contributed by atoms with Gasteiger partial charge in [0.05, 0.1) is 16.1 Å². The number of ether oxygens (including phenoxy) is 1. The van der Waals surface area contributed by atoms with Crippen LogP contribution in [0.25, 0.3) is 0 Å². The maximum absolute atomic E-state index is 11.1. The molecule has 18 heavy (non-hydrogen) atoms. The highest BCUT2D eigenvalue weighted by Gasteiger charge is 2.17. The first kappa shape index (κ1) is 15.7. The van der Waals surface area contributed by atoms with Gasteiger partial charge in [-0.2, -0.15) is 13.1 Å². The van der Waals surface area contributed by atoms with Crippen LogP contribution in [0.5, 0.6) is 0 Å². The molecule has 0 unspecified atom stereocenters. The number of benzene rings is 1. The van der Waals surface area contributed by atoms with Crippen LogP contribution in [-0.4, -0.2) is 22.1 Å². The number of nitrogens with two attached hydrogens (primary N) is 1. The average Bonchev–Trinajstić information content (AvgIpc) is 2.26. The van der Waals surface area contributed by atoms with E-state index in [1.54, 1.807) is 18.2 Å². The number of hydrogen-bond donors (Lipinski definition) is 2. The first-order valence-corrected chi connectivity index (χ1v) is 7.37. The van der Waals surface area contributed by atoms with Crippen LogP contribution in [-0.2, 0) is 14.9 Å². The largest absolute Gasteiger partial charge is 0.385 e. The highest BCUT2D eigenvalue weighted by molar-refractivity contribution is 7.87. The van der Waals surface area contributed by atoms with Crippen LogP contribution in [0.4, 0.5) is 0 Å². The van der Waals surface area contributed by atoms with Gasteiger partial charge in [0, 0.05) is 13.7 Å². The van der Waals surface area contributed by atoms with Gasteiger partial charge in [0.25, 0.3) is 10.2 Å². The molecule has 0 aliphatic carbocycles. The standard InChI is InChI=1S/C10H14Cl2N2O3S/c1-17-5-4-10(14-18(13,15)16)7-2-3-8(11)9(12)6-7/h2-3,6,10,14H,4-5H2,1H3,(H2,13,15,16)/t10-/m1/s1. The molecule has 1 aromatic rings. The van der Waals surface area contributed by atoms with Crippen molar-refractivity contribution in [3.05, 3.63) is 33.8 Å². The van der Waals surface area contributed by atoms with Gasteiger partial charge in [0.1, 0.15) is 0 Å². The summed E-state index contributed by atoms with van der Waals surface area (Å²) in [6.45, 7) is 0.382. The van der Waals surface area contributed by atoms with Crippen LogP contribution >= 0.6 is 23.2 Å². The van der Waals surface area contributed by atoms with Crippen molar-refractivity contribution in [3.63, 3.8) is 0 Å². The van der Waals surface area contributed by atoms with Gasteiger partial charge in [-0.1, -0.05) is 29.3 Å². The molecular formula is C10H14Cl2N2O3S. The van der Waals surface area contributed by atoms with Crippen LogP contribution in [0.3, 0.4) is 0 Å². The van der Waals surface area contributed by atoms with Gasteiger partial charge in [-0.15, -0.1) is 0 Å². The van der Waals surface area contributed by atoms with E-state index in [1.807, 2.05) is 0 Å². The van der Waals surface area contributed by atoms with Crippen molar-refractivity contribution in [2.75, 3.05) is 13.7 Å². The molecule has 0 radical (unpaired) electrons. The van der Waals surface area contributed by atoms with Crippen LogP contribution in [0.1, 0.15) is 18.0 Å². The summed E-state index contributed by atoms with van der Waals surface area (Å²) in [7, 11) is -2.28. The van der Waals surface area contributed by atoms with Crippen LogP contribution < -0.4 is 9.86 Å². The van der Waals surface area contributed by atoms with Crippen molar-refractivity contribution in [2.24, 2.45) is 5.14 Å². The molecule has 1 atom stereocenters. The molecule has 0 fully saturated rings. The Hall–Kier alpha value is -0.370. The van der Waals surface area contributed by atoms with Crippen molar-refractivity contribution < 1.29 is 13.2 Å². The summed E-state index contributed by atoms with van der Waals surface area (Å²) in [4.78, 5) is 0. The Kier molecular flexibility index (Phi) is 5.84. The second-order valence-corrected chi connectivity index (χ2v) is 5.81. The molecule has 0 saturated heterocycles. The molecule has 0 heterocycles. The first-order chi connectivity index (χ1) is 8.33. The lowest BCUT2D eigenvalue weighted by molar-refractivity contribution is 0.186. The molecule has 0 aromatic heterocycles. The minimum absolute atomic E-state index is 0.354. The number of nitrogens with one attached hydrogen (secondary N) is 1. The lowest BCUT2D eigenvalue weighted by Gasteiger charge is -2.17.